The molecule has 0 aliphatic carbocycles. The standard InChI is InChI=1S/C20H29ClN4O3S/c1-13(2)17-10-15(21)11-18(14(3)4)19(17)23-20(26)24-29(27,28)16-6-8-25(9-7-16)12-22-5/h10-11,13-14,16H,6-9,12H2,1-4H3,(H2,23,24,26). The number of amides is 2. The number of piperidine rings is 1. The first-order valence-corrected chi connectivity index (χ1v) is 11.7. The Labute approximate surface area is 178 Å². The van der Waals surface area contributed by atoms with E-state index in [0.717, 1.165) is 11.1 Å². The summed E-state index contributed by atoms with van der Waals surface area (Å²) < 4.78 is 27.5. The second-order valence-electron chi connectivity index (χ2n) is 7.99. The Morgan fingerprint density at radius 1 is 1.21 bits per heavy atom. The van der Waals surface area contributed by atoms with Gasteiger partial charge in [-0.15, -0.1) is 0 Å². The molecule has 2 N–H and O–H groups in total. The van der Waals surface area contributed by atoms with Crippen LogP contribution in [0.2, 0.25) is 5.02 Å². The van der Waals surface area contributed by atoms with Gasteiger partial charge in [-0.05, 0) is 47.9 Å². The van der Waals surface area contributed by atoms with Crippen molar-refractivity contribution in [2.45, 2.75) is 57.6 Å². The van der Waals surface area contributed by atoms with Crippen LogP contribution < -0.4 is 10.0 Å². The average Bonchev–Trinajstić information content (AvgIpc) is 2.62. The molecule has 0 atom stereocenters. The molecule has 0 saturated carbocycles. The van der Waals surface area contributed by atoms with Crippen molar-refractivity contribution in [3.05, 3.63) is 39.7 Å². The molecule has 1 fully saturated rings. The molecule has 1 aliphatic heterocycles. The molecule has 0 unspecified atom stereocenters. The highest BCUT2D eigenvalue weighted by Crippen LogP contribution is 2.35. The van der Waals surface area contributed by atoms with Gasteiger partial charge >= 0.3 is 6.03 Å². The van der Waals surface area contributed by atoms with Gasteiger partial charge in [0, 0.05) is 23.8 Å². The van der Waals surface area contributed by atoms with E-state index in [1.807, 2.05) is 32.6 Å². The Bertz CT molecular complexity index is 856. The van der Waals surface area contributed by atoms with Crippen molar-refractivity contribution < 1.29 is 13.2 Å². The van der Waals surface area contributed by atoms with E-state index in [1.165, 1.54) is 0 Å². The summed E-state index contributed by atoms with van der Waals surface area (Å²) in [5, 5.41) is 2.70. The van der Waals surface area contributed by atoms with Crippen LogP contribution >= 0.6 is 11.6 Å². The number of rotatable bonds is 6. The minimum absolute atomic E-state index is 0.102. The van der Waals surface area contributed by atoms with Crippen LogP contribution in [0, 0.1) is 6.57 Å². The number of sulfonamides is 1. The van der Waals surface area contributed by atoms with Crippen molar-refractivity contribution in [3.63, 3.8) is 0 Å². The average molecular weight is 441 g/mol. The van der Waals surface area contributed by atoms with Crippen molar-refractivity contribution in [2.24, 2.45) is 0 Å². The number of carbonyl (C=O) groups excluding carboxylic acids is 1. The van der Waals surface area contributed by atoms with Crippen molar-refractivity contribution in [2.75, 3.05) is 25.1 Å². The second-order valence-corrected chi connectivity index (χ2v) is 10.4. The lowest BCUT2D eigenvalue weighted by Gasteiger charge is -2.28. The first-order valence-electron chi connectivity index (χ1n) is 9.76. The molecule has 0 aromatic heterocycles. The maximum absolute atomic E-state index is 12.7. The van der Waals surface area contributed by atoms with Gasteiger partial charge in [0.15, 0.2) is 0 Å². The number of benzene rings is 1. The largest absolute Gasteiger partial charge is 0.332 e. The zero-order valence-corrected chi connectivity index (χ0v) is 18.9. The van der Waals surface area contributed by atoms with Crippen molar-refractivity contribution >= 4 is 33.3 Å². The zero-order valence-electron chi connectivity index (χ0n) is 17.3. The molecule has 2 amide bonds. The third kappa shape index (κ3) is 6.08. The fourth-order valence-corrected chi connectivity index (χ4v) is 5.06. The number of halogens is 1. The van der Waals surface area contributed by atoms with Crippen LogP contribution in [0.25, 0.3) is 4.85 Å². The molecule has 1 aromatic carbocycles. The van der Waals surface area contributed by atoms with E-state index in [0.29, 0.717) is 36.6 Å². The number of urea groups is 1. The third-order valence-electron chi connectivity index (χ3n) is 5.13. The Morgan fingerprint density at radius 3 is 2.17 bits per heavy atom. The third-order valence-corrected chi connectivity index (χ3v) is 7.16. The molecular weight excluding hydrogens is 412 g/mol. The molecule has 1 aliphatic rings. The topological polar surface area (TPSA) is 82.9 Å². The van der Waals surface area contributed by atoms with Crippen molar-refractivity contribution in [1.29, 1.82) is 0 Å². The summed E-state index contributed by atoms with van der Waals surface area (Å²) in [7, 11) is -3.81. The molecule has 1 heterocycles. The Morgan fingerprint density at radius 2 is 1.72 bits per heavy atom. The quantitative estimate of drug-likeness (QED) is 0.643. The summed E-state index contributed by atoms with van der Waals surface area (Å²) in [5.41, 5.74) is 2.33. The Kier molecular flexibility index (Phi) is 7.92. The van der Waals surface area contributed by atoms with Gasteiger partial charge in [0.25, 0.3) is 6.67 Å². The number of nitrogens with zero attached hydrogens (tertiary/aromatic N) is 2. The number of nitrogens with one attached hydrogen (secondary N) is 2. The minimum atomic E-state index is -3.81. The van der Waals surface area contributed by atoms with Gasteiger partial charge in [-0.3, -0.25) is 4.85 Å². The van der Waals surface area contributed by atoms with Gasteiger partial charge in [0.05, 0.1) is 5.25 Å². The molecule has 0 bridgehead atoms. The van der Waals surface area contributed by atoms with E-state index < -0.39 is 21.3 Å². The first-order chi connectivity index (χ1) is 13.5. The van der Waals surface area contributed by atoms with Gasteiger partial charge in [0.1, 0.15) is 0 Å². The van der Waals surface area contributed by atoms with Gasteiger partial charge in [-0.2, -0.15) is 0 Å². The Balaban J connectivity index is 2.16. The normalized spacial score (nSPS) is 16.1. The molecule has 1 saturated heterocycles. The summed E-state index contributed by atoms with van der Waals surface area (Å²) in [5.74, 6) is 0.203. The van der Waals surface area contributed by atoms with E-state index in [-0.39, 0.29) is 18.5 Å². The predicted molar refractivity (Wildman–Crippen MR) is 117 cm³/mol. The minimum Gasteiger partial charge on any atom is -0.307 e. The lowest BCUT2D eigenvalue weighted by molar-refractivity contribution is 0.248. The summed E-state index contributed by atoms with van der Waals surface area (Å²) in [4.78, 5) is 17.8. The number of hydrogen-bond acceptors (Lipinski definition) is 4. The van der Waals surface area contributed by atoms with Crippen LogP contribution in [0.1, 0.15) is 63.5 Å². The SMILES string of the molecule is [C-]#[N+]CN1CCC(S(=O)(=O)NC(=O)Nc2c(C(C)C)cc(Cl)cc2C(C)C)CC1. The lowest BCUT2D eigenvalue weighted by atomic mass is 9.92. The lowest BCUT2D eigenvalue weighted by Crippen LogP contribution is -2.46. The van der Waals surface area contributed by atoms with Gasteiger partial charge in [-0.25, -0.2) is 29.4 Å². The van der Waals surface area contributed by atoms with Crippen molar-refractivity contribution in [1.82, 2.24) is 9.62 Å². The second kappa shape index (κ2) is 9.79. The van der Waals surface area contributed by atoms with Gasteiger partial charge < -0.3 is 5.32 Å². The molecule has 1 aromatic rings. The highest BCUT2D eigenvalue weighted by Gasteiger charge is 2.32. The van der Waals surface area contributed by atoms with E-state index in [1.54, 1.807) is 12.1 Å². The van der Waals surface area contributed by atoms with Gasteiger partial charge in [-0.1, -0.05) is 39.3 Å². The highest BCUT2D eigenvalue weighted by atomic mass is 35.5. The monoisotopic (exact) mass is 440 g/mol. The summed E-state index contributed by atoms with van der Waals surface area (Å²) in [6, 6.07) is 2.84. The molecular formula is C20H29ClN4O3S. The number of likely N-dealkylation sites (tertiary alicyclic amines) is 1. The van der Waals surface area contributed by atoms with E-state index >= 15 is 0 Å². The van der Waals surface area contributed by atoms with Crippen LogP contribution in [-0.2, 0) is 10.0 Å². The van der Waals surface area contributed by atoms with E-state index in [9.17, 15) is 13.2 Å². The first kappa shape index (κ1) is 23.5. The number of hydrogen-bond donors (Lipinski definition) is 2. The van der Waals surface area contributed by atoms with Crippen molar-refractivity contribution in [3.8, 4) is 0 Å². The molecule has 160 valence electrons. The number of anilines is 1. The Hall–Kier alpha value is -1.82. The maximum atomic E-state index is 12.7. The van der Waals surface area contributed by atoms with Crippen LogP contribution in [0.3, 0.4) is 0 Å². The molecule has 0 radical (unpaired) electrons. The molecule has 29 heavy (non-hydrogen) atoms. The van der Waals surface area contributed by atoms with Crippen LogP contribution in [0.5, 0.6) is 0 Å². The van der Waals surface area contributed by atoms with E-state index in [4.69, 9.17) is 18.2 Å². The fourth-order valence-electron chi connectivity index (χ4n) is 3.52. The summed E-state index contributed by atoms with van der Waals surface area (Å²) in [6.45, 7) is 16.2. The smallest absolute Gasteiger partial charge is 0.307 e. The van der Waals surface area contributed by atoms with Crippen LogP contribution in [0.4, 0.5) is 10.5 Å². The molecule has 7 nitrogen and oxygen atoms in total. The van der Waals surface area contributed by atoms with E-state index in [2.05, 4.69) is 14.9 Å². The summed E-state index contributed by atoms with van der Waals surface area (Å²) >= 11 is 6.24. The maximum Gasteiger partial charge on any atom is 0.332 e. The van der Waals surface area contributed by atoms with Crippen LogP contribution in [-0.4, -0.2) is 44.4 Å². The van der Waals surface area contributed by atoms with Gasteiger partial charge in [0.2, 0.25) is 10.0 Å². The number of carbonyl (C=O) groups is 1. The zero-order chi connectivity index (χ0) is 21.8. The molecule has 0 spiro atoms. The fraction of sp³-hybridized carbons (Fsp3) is 0.600. The predicted octanol–water partition coefficient (Wildman–Crippen LogP) is 4.38. The molecule has 2 rings (SSSR count). The van der Waals surface area contributed by atoms with Crippen LogP contribution in [0.15, 0.2) is 12.1 Å². The summed E-state index contributed by atoms with van der Waals surface area (Å²) in [6.07, 6.45) is 0.793. The molecule has 9 heteroatoms. The highest BCUT2D eigenvalue weighted by molar-refractivity contribution is 7.90.